The number of halogens is 4. The van der Waals surface area contributed by atoms with Gasteiger partial charge in [-0.2, -0.15) is 13.2 Å². The van der Waals surface area contributed by atoms with E-state index in [0.29, 0.717) is 6.61 Å². The van der Waals surface area contributed by atoms with Crippen LogP contribution < -0.4 is 10.1 Å². The number of alkyl halides is 4. The van der Waals surface area contributed by atoms with E-state index in [1.165, 1.54) is 6.07 Å². The van der Waals surface area contributed by atoms with E-state index in [1.807, 2.05) is 13.8 Å². The van der Waals surface area contributed by atoms with Crippen LogP contribution in [-0.2, 0) is 6.18 Å². The van der Waals surface area contributed by atoms with Crippen LogP contribution in [0.1, 0.15) is 19.4 Å². The fourth-order valence-electron chi connectivity index (χ4n) is 1.50. The average Bonchev–Trinajstić information content (AvgIpc) is 2.41. The zero-order valence-corrected chi connectivity index (χ0v) is 12.6. The van der Waals surface area contributed by atoms with E-state index in [4.69, 9.17) is 16.3 Å². The number of hydrogen-bond acceptors (Lipinski definition) is 3. The molecule has 1 aromatic rings. The Kier molecular flexibility index (Phi) is 6.61. The second kappa shape index (κ2) is 7.75. The topological polar surface area (TPSA) is 41.5 Å². The van der Waals surface area contributed by atoms with Gasteiger partial charge in [-0.15, -0.1) is 11.6 Å². The number of nitrogens with one attached hydrogen (secondary N) is 1. The maximum Gasteiger partial charge on any atom is 0.416 e. The van der Waals surface area contributed by atoms with Crippen molar-refractivity contribution in [2.75, 3.05) is 24.3 Å². The largest absolute Gasteiger partial charge is 0.493 e. The second-order valence-electron chi connectivity index (χ2n) is 5.14. The summed E-state index contributed by atoms with van der Waals surface area (Å²) in [5, 5.41) is 12.1. The summed E-state index contributed by atoms with van der Waals surface area (Å²) in [7, 11) is 0. The summed E-state index contributed by atoms with van der Waals surface area (Å²) in [6, 6.07) is 3.41. The minimum atomic E-state index is -4.46. The molecule has 21 heavy (non-hydrogen) atoms. The number of hydrogen-bond donors (Lipinski definition) is 2. The van der Waals surface area contributed by atoms with Gasteiger partial charge in [0.2, 0.25) is 0 Å². The Hall–Kier alpha value is -1.14. The van der Waals surface area contributed by atoms with Gasteiger partial charge in [0.1, 0.15) is 5.75 Å². The summed E-state index contributed by atoms with van der Waals surface area (Å²) in [6.07, 6.45) is -5.29. The standard InChI is InChI=1S/C14H19ClF3NO2/c1-9(2)8-21-13-4-10(14(16,17)18)3-11(5-13)19-7-12(20)6-15/h3-5,9,12,19-20H,6-8H2,1-2H3. The van der Waals surface area contributed by atoms with Crippen molar-refractivity contribution in [3.63, 3.8) is 0 Å². The predicted molar refractivity (Wildman–Crippen MR) is 77.0 cm³/mol. The van der Waals surface area contributed by atoms with Crippen molar-refractivity contribution in [1.29, 1.82) is 0 Å². The molecule has 0 spiro atoms. The molecule has 3 nitrogen and oxygen atoms in total. The lowest BCUT2D eigenvalue weighted by Crippen LogP contribution is -2.21. The van der Waals surface area contributed by atoms with E-state index in [2.05, 4.69) is 5.32 Å². The molecule has 0 aliphatic heterocycles. The number of aliphatic hydroxyl groups is 1. The summed E-state index contributed by atoms with van der Waals surface area (Å²) >= 11 is 5.44. The second-order valence-corrected chi connectivity index (χ2v) is 5.45. The van der Waals surface area contributed by atoms with E-state index in [9.17, 15) is 18.3 Å². The van der Waals surface area contributed by atoms with Gasteiger partial charge in [0.15, 0.2) is 0 Å². The number of benzene rings is 1. The van der Waals surface area contributed by atoms with Gasteiger partial charge in [0.25, 0.3) is 0 Å². The molecule has 0 heterocycles. The van der Waals surface area contributed by atoms with Crippen LogP contribution >= 0.6 is 11.6 Å². The van der Waals surface area contributed by atoms with Crippen molar-refractivity contribution < 1.29 is 23.0 Å². The summed E-state index contributed by atoms with van der Waals surface area (Å²) in [5.74, 6) is 0.346. The first kappa shape index (κ1) is 17.9. The molecule has 0 radical (unpaired) electrons. The van der Waals surface area contributed by atoms with Gasteiger partial charge in [0, 0.05) is 18.3 Å². The third-order valence-corrected chi connectivity index (χ3v) is 2.89. The molecule has 1 atom stereocenters. The molecule has 2 N–H and O–H groups in total. The zero-order valence-electron chi connectivity index (χ0n) is 11.9. The van der Waals surface area contributed by atoms with Crippen LogP contribution in [0, 0.1) is 5.92 Å². The van der Waals surface area contributed by atoms with E-state index >= 15 is 0 Å². The maximum absolute atomic E-state index is 12.9. The summed E-state index contributed by atoms with van der Waals surface area (Å²) in [5.41, 5.74) is -0.570. The lowest BCUT2D eigenvalue weighted by molar-refractivity contribution is -0.137. The Morgan fingerprint density at radius 1 is 1.29 bits per heavy atom. The average molecular weight is 326 g/mol. The number of anilines is 1. The number of rotatable bonds is 7. The third kappa shape index (κ3) is 6.44. The minimum absolute atomic E-state index is 0.00265. The first-order valence-electron chi connectivity index (χ1n) is 6.55. The van der Waals surface area contributed by atoms with Crippen LogP contribution in [-0.4, -0.2) is 30.2 Å². The molecule has 0 fully saturated rings. The Morgan fingerprint density at radius 3 is 2.48 bits per heavy atom. The fourth-order valence-corrected chi connectivity index (χ4v) is 1.61. The van der Waals surface area contributed by atoms with Gasteiger partial charge in [-0.1, -0.05) is 13.8 Å². The zero-order chi connectivity index (χ0) is 16.0. The van der Waals surface area contributed by atoms with Crippen molar-refractivity contribution in [3.05, 3.63) is 23.8 Å². The molecule has 0 aliphatic rings. The van der Waals surface area contributed by atoms with Gasteiger partial charge >= 0.3 is 6.18 Å². The van der Waals surface area contributed by atoms with Gasteiger partial charge in [-0.3, -0.25) is 0 Å². The van der Waals surface area contributed by atoms with Gasteiger partial charge < -0.3 is 15.2 Å². The van der Waals surface area contributed by atoms with Gasteiger partial charge in [0.05, 0.1) is 24.2 Å². The molecule has 0 aliphatic carbocycles. The van der Waals surface area contributed by atoms with E-state index in [-0.39, 0.29) is 29.8 Å². The first-order chi connectivity index (χ1) is 9.72. The Morgan fingerprint density at radius 2 is 1.95 bits per heavy atom. The highest BCUT2D eigenvalue weighted by atomic mass is 35.5. The van der Waals surface area contributed by atoms with Crippen LogP contribution in [0.15, 0.2) is 18.2 Å². The van der Waals surface area contributed by atoms with Crippen LogP contribution in [0.25, 0.3) is 0 Å². The van der Waals surface area contributed by atoms with Crippen molar-refractivity contribution in [1.82, 2.24) is 0 Å². The van der Waals surface area contributed by atoms with E-state index < -0.39 is 17.8 Å². The van der Waals surface area contributed by atoms with Gasteiger partial charge in [-0.05, 0) is 18.1 Å². The van der Waals surface area contributed by atoms with E-state index in [0.717, 1.165) is 12.1 Å². The Balaban J connectivity index is 2.92. The van der Waals surface area contributed by atoms with Crippen LogP contribution in [0.5, 0.6) is 5.75 Å². The highest BCUT2D eigenvalue weighted by Crippen LogP contribution is 2.34. The smallest absolute Gasteiger partial charge is 0.416 e. The van der Waals surface area contributed by atoms with Crippen LogP contribution in [0.2, 0.25) is 0 Å². The molecule has 0 amide bonds. The summed E-state index contributed by atoms with van der Waals surface area (Å²) in [4.78, 5) is 0. The SMILES string of the molecule is CC(C)COc1cc(NCC(O)CCl)cc(C(F)(F)F)c1. The van der Waals surface area contributed by atoms with Crippen molar-refractivity contribution in [2.24, 2.45) is 5.92 Å². The molecular weight excluding hydrogens is 307 g/mol. The first-order valence-corrected chi connectivity index (χ1v) is 7.08. The van der Waals surface area contributed by atoms with Crippen LogP contribution in [0.4, 0.5) is 18.9 Å². The van der Waals surface area contributed by atoms with Crippen molar-refractivity contribution >= 4 is 17.3 Å². The lowest BCUT2D eigenvalue weighted by atomic mass is 10.1. The number of aliphatic hydroxyl groups excluding tert-OH is 1. The molecule has 0 bridgehead atoms. The summed E-state index contributed by atoms with van der Waals surface area (Å²) in [6.45, 7) is 4.20. The normalized spacial score (nSPS) is 13.3. The molecule has 0 saturated heterocycles. The fraction of sp³-hybridized carbons (Fsp3) is 0.571. The molecule has 0 saturated carbocycles. The van der Waals surface area contributed by atoms with Gasteiger partial charge in [-0.25, -0.2) is 0 Å². The van der Waals surface area contributed by atoms with E-state index in [1.54, 1.807) is 0 Å². The Bertz CT molecular complexity index is 452. The molecule has 1 rings (SSSR count). The monoisotopic (exact) mass is 325 g/mol. The lowest BCUT2D eigenvalue weighted by Gasteiger charge is -2.16. The summed E-state index contributed by atoms with van der Waals surface area (Å²) < 4.78 is 43.9. The number of ether oxygens (including phenoxy) is 1. The van der Waals surface area contributed by atoms with Crippen molar-refractivity contribution in [2.45, 2.75) is 26.1 Å². The third-order valence-electron chi connectivity index (χ3n) is 2.54. The van der Waals surface area contributed by atoms with Crippen LogP contribution in [0.3, 0.4) is 0 Å². The molecule has 1 unspecified atom stereocenters. The molecular formula is C14H19ClF3NO2. The molecule has 0 aromatic heterocycles. The molecule has 120 valence electrons. The molecule has 7 heteroatoms. The Labute approximate surface area is 127 Å². The quantitative estimate of drug-likeness (QED) is 0.750. The molecule has 1 aromatic carbocycles. The minimum Gasteiger partial charge on any atom is -0.493 e. The maximum atomic E-state index is 12.9. The highest BCUT2D eigenvalue weighted by molar-refractivity contribution is 6.18. The highest BCUT2D eigenvalue weighted by Gasteiger charge is 2.31. The predicted octanol–water partition coefficient (Wildman–Crippen LogP) is 3.75. The van der Waals surface area contributed by atoms with Crippen molar-refractivity contribution in [3.8, 4) is 5.75 Å².